The quantitative estimate of drug-likeness (QED) is 0.347. The topological polar surface area (TPSA) is 103 Å². The summed E-state index contributed by atoms with van der Waals surface area (Å²) in [6, 6.07) is 16.5. The van der Waals surface area contributed by atoms with Gasteiger partial charge in [0.1, 0.15) is 5.84 Å². The molecule has 3 aliphatic rings. The molecule has 3 heterocycles. The Morgan fingerprint density at radius 1 is 1.00 bits per heavy atom. The Kier molecular flexibility index (Phi) is 10.3. The summed E-state index contributed by atoms with van der Waals surface area (Å²) >= 11 is 1.72. The van der Waals surface area contributed by atoms with Gasteiger partial charge in [-0.1, -0.05) is 49.5 Å². The Balaban J connectivity index is 0.00000370. The van der Waals surface area contributed by atoms with Crippen LogP contribution in [0.4, 0.5) is 5.69 Å². The highest BCUT2D eigenvalue weighted by Gasteiger charge is 2.32. The number of aliphatic imine (C=N–C) groups is 1. The van der Waals surface area contributed by atoms with Crippen LogP contribution in [0.2, 0.25) is 0 Å². The van der Waals surface area contributed by atoms with E-state index in [4.69, 9.17) is 14.8 Å². The number of carbonyl (C=O) groups is 3. The number of rotatable bonds is 10. The molecule has 1 N–H and O–H groups in total. The third-order valence-electron chi connectivity index (χ3n) is 7.09. The van der Waals surface area contributed by atoms with Gasteiger partial charge in [-0.3, -0.25) is 24.2 Å². The lowest BCUT2D eigenvalue weighted by Crippen LogP contribution is -2.55. The van der Waals surface area contributed by atoms with Gasteiger partial charge in [-0.25, -0.2) is 4.99 Å². The molecule has 1 saturated heterocycles. The number of Topliss-reactive ketones (excluding diaryl/α,β-unsaturated/α-hetero) is 1. The highest BCUT2D eigenvalue weighted by Crippen LogP contribution is 2.40. The van der Waals surface area contributed by atoms with Gasteiger partial charge in [-0.05, 0) is 24.6 Å². The zero-order chi connectivity index (χ0) is 27.2. The van der Waals surface area contributed by atoms with Gasteiger partial charge in [0.2, 0.25) is 0 Å². The molecular weight excluding hydrogens is 528 g/mol. The molecule has 0 bridgehead atoms. The van der Waals surface area contributed by atoms with Crippen molar-refractivity contribution >= 4 is 40.9 Å². The van der Waals surface area contributed by atoms with Crippen molar-refractivity contribution in [3.8, 4) is 0 Å². The van der Waals surface area contributed by atoms with Crippen LogP contribution in [0, 0.1) is 0 Å². The van der Waals surface area contributed by atoms with Crippen molar-refractivity contribution in [2.75, 3.05) is 52.5 Å². The summed E-state index contributed by atoms with van der Waals surface area (Å²) in [7, 11) is 0. The van der Waals surface area contributed by atoms with Crippen LogP contribution < -0.4 is 0 Å². The number of hydrogen-bond acceptors (Lipinski definition) is 9. The van der Waals surface area contributed by atoms with Crippen LogP contribution in [0.1, 0.15) is 25.8 Å². The minimum absolute atomic E-state index is 0. The van der Waals surface area contributed by atoms with Crippen molar-refractivity contribution in [2.24, 2.45) is 4.99 Å². The molecule has 40 heavy (non-hydrogen) atoms. The fourth-order valence-electron chi connectivity index (χ4n) is 5.08. The number of fused-ring (bicyclic) bond motifs is 2. The lowest BCUT2D eigenvalue weighted by atomic mass is 10.0. The second-order valence-electron chi connectivity index (χ2n) is 9.65. The zero-order valence-corrected chi connectivity index (χ0v) is 22.5. The number of hydrogen-bond donors (Lipinski definition) is 1. The minimum atomic E-state index is -0.442. The predicted octanol–water partition coefficient (Wildman–Crippen LogP) is 3.14. The molecule has 2 amide bonds. The van der Waals surface area contributed by atoms with Crippen molar-refractivity contribution in [2.45, 2.75) is 36.1 Å². The smallest absolute Gasteiger partial charge is 0.254 e. The van der Waals surface area contributed by atoms with Gasteiger partial charge in [0.25, 0.3) is 11.8 Å². The molecular formula is C30H36N4O5S. The maximum absolute atomic E-state index is 12.8. The van der Waals surface area contributed by atoms with E-state index in [2.05, 4.69) is 28.0 Å². The largest absolute Gasteiger partial charge is 0.394 e. The van der Waals surface area contributed by atoms with Gasteiger partial charge in [0.15, 0.2) is 5.78 Å². The van der Waals surface area contributed by atoms with Crippen LogP contribution in [0.5, 0.6) is 0 Å². The number of carbonyl (C=O) groups excluding carboxylic acids is 3. The number of nitrogens with zero attached hydrogens (tertiary/aromatic N) is 4. The molecule has 2 aromatic rings. The Labute approximate surface area is 239 Å². The van der Waals surface area contributed by atoms with Crippen molar-refractivity contribution in [1.29, 1.82) is 0 Å². The second-order valence-corrected chi connectivity index (χ2v) is 10.7. The summed E-state index contributed by atoms with van der Waals surface area (Å²) < 4.78 is 5.53. The minimum Gasteiger partial charge on any atom is -0.394 e. The Hall–Kier alpha value is -3.31. The summed E-state index contributed by atoms with van der Waals surface area (Å²) in [5.74, 6) is -0.0996. The first-order chi connectivity index (χ1) is 19.0. The van der Waals surface area contributed by atoms with Gasteiger partial charge in [-0.15, -0.1) is 0 Å². The number of para-hydroxylation sites is 1. The maximum atomic E-state index is 12.8. The fourth-order valence-corrected chi connectivity index (χ4v) is 6.10. The van der Waals surface area contributed by atoms with Gasteiger partial charge in [0, 0.05) is 66.1 Å². The van der Waals surface area contributed by atoms with E-state index in [1.54, 1.807) is 11.8 Å². The third kappa shape index (κ3) is 6.87. The van der Waals surface area contributed by atoms with Crippen molar-refractivity contribution in [1.82, 2.24) is 14.7 Å². The molecule has 0 aromatic heterocycles. The van der Waals surface area contributed by atoms with Crippen molar-refractivity contribution in [3.63, 3.8) is 0 Å². The Morgan fingerprint density at radius 3 is 2.50 bits per heavy atom. The van der Waals surface area contributed by atoms with Crippen LogP contribution in [-0.4, -0.2) is 102 Å². The Bertz CT molecular complexity index is 1280. The summed E-state index contributed by atoms with van der Waals surface area (Å²) in [4.78, 5) is 49.6. The molecule has 1 fully saturated rings. The third-order valence-corrected chi connectivity index (χ3v) is 8.23. The monoisotopic (exact) mass is 564 g/mol. The first-order valence-corrected chi connectivity index (χ1v) is 14.0. The molecule has 10 heteroatoms. The van der Waals surface area contributed by atoms with E-state index in [-0.39, 0.29) is 38.8 Å². The first-order valence-electron chi connectivity index (χ1n) is 13.2. The molecule has 5 rings (SSSR count). The molecule has 0 saturated carbocycles. The number of aliphatic hydroxyl groups excluding tert-OH is 1. The lowest BCUT2D eigenvalue weighted by Gasteiger charge is -2.43. The predicted molar refractivity (Wildman–Crippen MR) is 155 cm³/mol. The molecule has 1 unspecified atom stereocenters. The molecule has 9 nitrogen and oxygen atoms in total. The normalized spacial score (nSPS) is 18.6. The summed E-state index contributed by atoms with van der Waals surface area (Å²) in [5, 5.41) is 9.05. The molecule has 1 atom stereocenters. The number of ketones is 1. The van der Waals surface area contributed by atoms with Crippen LogP contribution in [0.15, 0.2) is 75.5 Å². The molecule has 3 aliphatic heterocycles. The van der Waals surface area contributed by atoms with Crippen LogP contribution >= 0.6 is 11.8 Å². The number of aliphatic hydroxyl groups is 1. The SMILES string of the molecule is C.O=C(CCC1CN(C2=Nc3ccccc3Sc3ccccc32)CCN1CCOCCO)CN1C(=O)C=CC1=O. The molecule has 0 spiro atoms. The molecule has 0 aliphatic carbocycles. The maximum Gasteiger partial charge on any atom is 0.254 e. The second kappa shape index (κ2) is 13.8. The van der Waals surface area contributed by atoms with Crippen LogP contribution in [-0.2, 0) is 19.1 Å². The highest BCUT2D eigenvalue weighted by molar-refractivity contribution is 7.99. The average Bonchev–Trinajstić information content (AvgIpc) is 3.16. The van der Waals surface area contributed by atoms with E-state index in [9.17, 15) is 14.4 Å². The molecule has 212 valence electrons. The zero-order valence-electron chi connectivity index (χ0n) is 21.7. The summed E-state index contributed by atoms with van der Waals surface area (Å²) in [6.07, 6.45) is 3.24. The van der Waals surface area contributed by atoms with Gasteiger partial charge in [-0.2, -0.15) is 0 Å². The van der Waals surface area contributed by atoms with Crippen molar-refractivity contribution in [3.05, 3.63) is 66.2 Å². The van der Waals surface area contributed by atoms with Gasteiger partial charge >= 0.3 is 0 Å². The number of benzene rings is 2. The van der Waals surface area contributed by atoms with Gasteiger partial charge in [0.05, 0.1) is 32.1 Å². The highest BCUT2D eigenvalue weighted by atomic mass is 32.2. The van der Waals surface area contributed by atoms with Crippen molar-refractivity contribution < 1.29 is 24.2 Å². The fraction of sp³-hybridized carbons (Fsp3) is 0.400. The molecule has 2 aromatic carbocycles. The summed E-state index contributed by atoms with van der Waals surface area (Å²) in [6.45, 7) is 3.46. The van der Waals surface area contributed by atoms with E-state index in [1.807, 2.05) is 30.3 Å². The standard InChI is InChI=1S/C29H32N4O5S.CH4/c34-16-18-38-17-15-31-13-14-32(19-21(31)9-10-22(35)20-33-27(36)11-12-28(33)37)29-23-5-1-3-7-25(23)39-26-8-4-2-6-24(26)30-29;/h1-8,11-12,21,34H,9-10,13-20H2;1H4. The van der Waals surface area contributed by atoms with E-state index < -0.39 is 11.8 Å². The first kappa shape index (κ1) is 29.7. The number of ether oxygens (including phenoxy) is 1. The number of amides is 2. The van der Waals surface area contributed by atoms with Crippen LogP contribution in [0.25, 0.3) is 0 Å². The average molecular weight is 565 g/mol. The van der Waals surface area contributed by atoms with E-state index >= 15 is 0 Å². The lowest BCUT2D eigenvalue weighted by molar-refractivity contribution is -0.140. The number of amidine groups is 1. The number of imide groups is 1. The van der Waals surface area contributed by atoms with E-state index in [0.29, 0.717) is 32.7 Å². The Morgan fingerprint density at radius 2 is 1.73 bits per heavy atom. The molecule has 0 radical (unpaired) electrons. The van der Waals surface area contributed by atoms with Gasteiger partial charge < -0.3 is 14.7 Å². The van der Waals surface area contributed by atoms with E-state index in [1.165, 1.54) is 12.2 Å². The van der Waals surface area contributed by atoms with Crippen LogP contribution in [0.3, 0.4) is 0 Å². The number of piperazine rings is 1. The van der Waals surface area contributed by atoms with E-state index in [0.717, 1.165) is 44.9 Å². The summed E-state index contributed by atoms with van der Waals surface area (Å²) in [5.41, 5.74) is 2.03.